The summed E-state index contributed by atoms with van der Waals surface area (Å²) in [6.07, 6.45) is 14.8. The van der Waals surface area contributed by atoms with Crippen LogP contribution in [-0.2, 0) is 21.0 Å². The highest BCUT2D eigenvalue weighted by Gasteiger charge is 2.45. The van der Waals surface area contributed by atoms with Gasteiger partial charge >= 0.3 is 0 Å². The van der Waals surface area contributed by atoms with Gasteiger partial charge in [0.25, 0.3) is 6.47 Å². The molecule has 0 aliphatic carbocycles. The van der Waals surface area contributed by atoms with Gasteiger partial charge in [-0.1, -0.05) is 60.3 Å². The number of fused-ring (bicyclic) bond motifs is 1. The number of hydrogen-bond donors (Lipinski definition) is 0. The van der Waals surface area contributed by atoms with E-state index in [9.17, 15) is 4.79 Å². The van der Waals surface area contributed by atoms with Gasteiger partial charge in [-0.3, -0.25) is 4.79 Å². The van der Waals surface area contributed by atoms with Crippen LogP contribution in [0.4, 0.5) is 11.4 Å². The van der Waals surface area contributed by atoms with E-state index in [0.29, 0.717) is 12.2 Å². The van der Waals surface area contributed by atoms with Crippen LogP contribution < -0.4 is 9.64 Å². The molecule has 0 N–H and O–H groups in total. The van der Waals surface area contributed by atoms with E-state index >= 15 is 0 Å². The lowest BCUT2D eigenvalue weighted by Crippen LogP contribution is -2.44. The summed E-state index contributed by atoms with van der Waals surface area (Å²) in [5, 5.41) is 0. The van der Waals surface area contributed by atoms with E-state index in [1.54, 1.807) is 0 Å². The monoisotopic (exact) mass is 555 g/mol. The van der Waals surface area contributed by atoms with Crippen LogP contribution in [0.5, 0.6) is 5.75 Å². The maximum Gasteiger partial charge on any atom is 0.298 e. The van der Waals surface area contributed by atoms with Crippen LogP contribution in [0.1, 0.15) is 122 Å². The molecule has 4 nitrogen and oxygen atoms in total. The van der Waals surface area contributed by atoms with Crippen LogP contribution in [0, 0.1) is 0 Å². The lowest BCUT2D eigenvalue weighted by atomic mass is 9.69. The summed E-state index contributed by atoms with van der Waals surface area (Å²) in [4.78, 5) is 13.7. The summed E-state index contributed by atoms with van der Waals surface area (Å²) in [7, 11) is 0. The third kappa shape index (κ3) is 5.64. The summed E-state index contributed by atoms with van der Waals surface area (Å²) >= 11 is 0. The van der Waals surface area contributed by atoms with Crippen LogP contribution in [0.25, 0.3) is 6.08 Å². The van der Waals surface area contributed by atoms with Gasteiger partial charge < -0.3 is 9.64 Å². The molecule has 0 saturated heterocycles. The van der Waals surface area contributed by atoms with Crippen molar-refractivity contribution in [3.63, 3.8) is 0 Å². The zero-order valence-corrected chi connectivity index (χ0v) is 26.6. The zero-order chi connectivity index (χ0) is 29.4. The van der Waals surface area contributed by atoms with Gasteiger partial charge in [0.2, 0.25) is 5.69 Å². The molecule has 3 aliphatic rings. The first kappa shape index (κ1) is 29.6. The van der Waals surface area contributed by atoms with Crippen molar-refractivity contribution < 1.29 is 14.1 Å². The highest BCUT2D eigenvalue weighted by molar-refractivity contribution is 6.05. The number of nitrogens with zero attached hydrogens (tertiary/aromatic N) is 2. The van der Waals surface area contributed by atoms with Gasteiger partial charge in [0.1, 0.15) is 12.3 Å². The van der Waals surface area contributed by atoms with Crippen LogP contribution in [0.3, 0.4) is 0 Å². The summed E-state index contributed by atoms with van der Waals surface area (Å²) in [5.74, 6) is 0.611. The second kappa shape index (κ2) is 11.4. The molecule has 0 amide bonds. The molecule has 2 aromatic rings. The van der Waals surface area contributed by atoms with Crippen LogP contribution in [-0.4, -0.2) is 36.4 Å². The Morgan fingerprint density at radius 2 is 1.46 bits per heavy atom. The molecule has 41 heavy (non-hydrogen) atoms. The summed E-state index contributed by atoms with van der Waals surface area (Å²) in [6, 6.07) is 11.0. The minimum absolute atomic E-state index is 0.173. The molecule has 0 radical (unpaired) electrons. The topological polar surface area (TPSA) is 32.5 Å². The van der Waals surface area contributed by atoms with E-state index < -0.39 is 0 Å². The largest absolute Gasteiger partial charge is 0.429 e. The highest BCUT2D eigenvalue weighted by Crippen LogP contribution is 2.49. The molecule has 5 rings (SSSR count). The molecule has 3 heterocycles. The predicted octanol–water partition coefficient (Wildman–Crippen LogP) is 8.84. The smallest absolute Gasteiger partial charge is 0.298 e. The number of hydrogen-bond acceptors (Lipinski definition) is 3. The average Bonchev–Trinajstić information content (AvgIpc) is 3.13. The molecule has 0 bridgehead atoms. The number of carbonyl (C=O) groups is 1. The van der Waals surface area contributed by atoms with Gasteiger partial charge in [-0.25, -0.2) is 0 Å². The van der Waals surface area contributed by atoms with E-state index in [1.807, 2.05) is 6.07 Å². The number of benzene rings is 2. The summed E-state index contributed by atoms with van der Waals surface area (Å²) < 4.78 is 7.78. The number of unbranched alkanes of at least 4 members (excludes halogenated alkanes) is 5. The Morgan fingerprint density at radius 3 is 2.10 bits per heavy atom. The first-order valence-electron chi connectivity index (χ1n) is 16.0. The first-order chi connectivity index (χ1) is 19.5. The lowest BCUT2D eigenvalue weighted by Gasteiger charge is -2.48. The highest BCUT2D eigenvalue weighted by atomic mass is 16.5. The Labute approximate surface area is 248 Å². The average molecular weight is 556 g/mol. The van der Waals surface area contributed by atoms with Crippen molar-refractivity contribution in [2.45, 2.75) is 116 Å². The molecule has 0 spiro atoms. The Kier molecular flexibility index (Phi) is 8.25. The van der Waals surface area contributed by atoms with E-state index in [4.69, 9.17) is 4.74 Å². The van der Waals surface area contributed by atoms with Crippen molar-refractivity contribution in [1.82, 2.24) is 0 Å². The van der Waals surface area contributed by atoms with E-state index in [2.05, 4.69) is 94.4 Å². The van der Waals surface area contributed by atoms with E-state index in [1.165, 1.54) is 90.7 Å². The van der Waals surface area contributed by atoms with Crippen molar-refractivity contribution >= 4 is 29.6 Å². The third-order valence-electron chi connectivity index (χ3n) is 10.1. The standard InChI is InChI=1S/C37H51N2O2/c1-8-9-10-11-12-13-20-39-32-16-15-28(41-26-40)25-29(32)37(6,7)33(39)17-14-27-23-30-34-31(24-27)36(4,5)19-22-38(34)21-18-35(30,2)3/h14-17,23-26H,8-13,18-22H2,1-7H3/q+1. The van der Waals surface area contributed by atoms with Gasteiger partial charge in [0.15, 0.2) is 5.71 Å². The first-order valence-corrected chi connectivity index (χ1v) is 16.0. The second-order valence-corrected chi connectivity index (χ2v) is 14.4. The minimum atomic E-state index is -0.200. The van der Waals surface area contributed by atoms with Crippen LogP contribution in [0.15, 0.2) is 36.4 Å². The third-order valence-corrected chi connectivity index (χ3v) is 10.1. The maximum absolute atomic E-state index is 11.1. The molecule has 2 aromatic carbocycles. The molecule has 0 atom stereocenters. The number of rotatable bonds is 11. The van der Waals surface area contributed by atoms with E-state index in [-0.39, 0.29) is 16.2 Å². The molecular formula is C37H51N2O2+. The molecule has 4 heteroatoms. The van der Waals surface area contributed by atoms with Gasteiger partial charge in [0, 0.05) is 42.9 Å². The van der Waals surface area contributed by atoms with Crippen molar-refractivity contribution in [3.8, 4) is 5.75 Å². The summed E-state index contributed by atoms with van der Waals surface area (Å²) in [5.41, 5.74) is 9.74. The second-order valence-electron chi connectivity index (χ2n) is 14.4. The number of ether oxygens (including phenoxy) is 1. The van der Waals surface area contributed by atoms with Gasteiger partial charge in [-0.15, -0.1) is 0 Å². The predicted molar refractivity (Wildman–Crippen MR) is 172 cm³/mol. The Hall–Kier alpha value is -2.88. The molecular weight excluding hydrogens is 504 g/mol. The van der Waals surface area contributed by atoms with Gasteiger partial charge in [-0.05, 0) is 91.0 Å². The van der Waals surface area contributed by atoms with Gasteiger partial charge in [0.05, 0.1) is 5.41 Å². The SMILES string of the molecule is CCCCCCCC[N+]1=C(/C=C/c2cc3c4c(c2)C(C)(C)CCN4CCC3(C)C)C(C)(C)c2cc(OC=O)ccc21. The van der Waals surface area contributed by atoms with Crippen LogP contribution >= 0.6 is 0 Å². The van der Waals surface area contributed by atoms with Crippen molar-refractivity contribution in [1.29, 1.82) is 0 Å². The van der Waals surface area contributed by atoms with Crippen LogP contribution in [0.2, 0.25) is 0 Å². The van der Waals surface area contributed by atoms with Crippen molar-refractivity contribution in [2.24, 2.45) is 0 Å². The normalized spacial score (nSPS) is 19.8. The number of carbonyl (C=O) groups excluding carboxylic acids is 1. The fourth-order valence-corrected chi connectivity index (χ4v) is 7.31. The van der Waals surface area contributed by atoms with Gasteiger partial charge in [-0.2, -0.15) is 4.58 Å². The fraction of sp³-hybridized carbons (Fsp3) is 0.568. The Balaban J connectivity index is 1.54. The number of anilines is 1. The fourth-order valence-electron chi connectivity index (χ4n) is 7.31. The molecule has 0 aromatic heterocycles. The summed E-state index contributed by atoms with van der Waals surface area (Å²) in [6.45, 7) is 20.4. The molecule has 0 fully saturated rings. The zero-order valence-electron chi connectivity index (χ0n) is 26.6. The number of allylic oxidation sites excluding steroid dienone is 1. The molecule has 0 saturated carbocycles. The molecule has 0 unspecified atom stereocenters. The minimum Gasteiger partial charge on any atom is -0.429 e. The lowest BCUT2D eigenvalue weighted by molar-refractivity contribution is -0.438. The molecule has 220 valence electrons. The Morgan fingerprint density at radius 1 is 0.829 bits per heavy atom. The van der Waals surface area contributed by atoms with Crippen molar-refractivity contribution in [2.75, 3.05) is 24.5 Å². The van der Waals surface area contributed by atoms with Crippen molar-refractivity contribution in [3.05, 3.63) is 58.7 Å². The molecule has 3 aliphatic heterocycles. The van der Waals surface area contributed by atoms with E-state index in [0.717, 1.165) is 19.6 Å². The quantitative estimate of drug-likeness (QED) is 0.158. The Bertz CT molecular complexity index is 1320. The maximum atomic E-state index is 11.1.